The van der Waals surface area contributed by atoms with Crippen molar-refractivity contribution in [2.75, 3.05) is 7.11 Å². The molecular weight excluding hydrogens is 240 g/mol. The average Bonchev–Trinajstić information content (AvgIpc) is 2.87. The summed E-state index contributed by atoms with van der Waals surface area (Å²) in [4.78, 5) is 18.7. The van der Waals surface area contributed by atoms with E-state index in [0.717, 1.165) is 17.1 Å². The van der Waals surface area contributed by atoms with Gasteiger partial charge in [-0.3, -0.25) is 4.79 Å². The number of aryl methyl sites for hydroxylation is 3. The largest absolute Gasteiger partial charge is 0.469 e. The van der Waals surface area contributed by atoms with Gasteiger partial charge < -0.3 is 9.72 Å². The number of ether oxygens (including phenoxy) is 1. The second kappa shape index (κ2) is 5.69. The van der Waals surface area contributed by atoms with Crippen molar-refractivity contribution >= 4 is 5.97 Å². The Bertz CT molecular complexity index is 588. The van der Waals surface area contributed by atoms with Crippen molar-refractivity contribution in [1.82, 2.24) is 9.97 Å². The standard InChI is InChI=1S/C15H18N2O2/c1-10-4-5-11(2)12(8-10)13-9-16-14(17-13)6-7-15(18)19-3/h4-5,8-9H,6-7H2,1-3H3,(H,16,17). The maximum Gasteiger partial charge on any atom is 0.305 e. The number of aromatic amines is 1. The van der Waals surface area contributed by atoms with Crippen LogP contribution in [0.3, 0.4) is 0 Å². The van der Waals surface area contributed by atoms with Crippen molar-refractivity contribution in [3.05, 3.63) is 41.3 Å². The zero-order chi connectivity index (χ0) is 13.8. The number of methoxy groups -OCH3 is 1. The first-order valence-electron chi connectivity index (χ1n) is 6.28. The van der Waals surface area contributed by atoms with Crippen molar-refractivity contribution in [2.24, 2.45) is 0 Å². The molecule has 1 N–H and O–H groups in total. The summed E-state index contributed by atoms with van der Waals surface area (Å²) in [6.07, 6.45) is 2.72. The Morgan fingerprint density at radius 3 is 2.89 bits per heavy atom. The number of hydrogen-bond acceptors (Lipinski definition) is 3. The third-order valence-corrected chi connectivity index (χ3v) is 3.11. The topological polar surface area (TPSA) is 55.0 Å². The molecule has 0 saturated heterocycles. The number of aromatic nitrogens is 2. The van der Waals surface area contributed by atoms with Gasteiger partial charge in [0.15, 0.2) is 0 Å². The lowest BCUT2D eigenvalue weighted by Crippen LogP contribution is -2.02. The zero-order valence-electron chi connectivity index (χ0n) is 11.5. The van der Waals surface area contributed by atoms with Crippen molar-refractivity contribution in [3.63, 3.8) is 0 Å². The van der Waals surface area contributed by atoms with Crippen LogP contribution in [-0.4, -0.2) is 23.0 Å². The molecule has 0 radical (unpaired) electrons. The summed E-state index contributed by atoms with van der Waals surface area (Å²) in [7, 11) is 1.39. The molecule has 0 unspecified atom stereocenters. The molecule has 19 heavy (non-hydrogen) atoms. The van der Waals surface area contributed by atoms with Crippen LogP contribution in [0.1, 0.15) is 23.4 Å². The van der Waals surface area contributed by atoms with Gasteiger partial charge >= 0.3 is 5.97 Å². The van der Waals surface area contributed by atoms with Crippen LogP contribution in [0.5, 0.6) is 0 Å². The van der Waals surface area contributed by atoms with Gasteiger partial charge in [-0.15, -0.1) is 0 Å². The van der Waals surface area contributed by atoms with Crippen molar-refractivity contribution in [1.29, 1.82) is 0 Å². The average molecular weight is 258 g/mol. The smallest absolute Gasteiger partial charge is 0.305 e. The van der Waals surface area contributed by atoms with Gasteiger partial charge in [-0.05, 0) is 25.5 Å². The van der Waals surface area contributed by atoms with Crippen molar-refractivity contribution in [3.8, 4) is 11.3 Å². The molecule has 4 nitrogen and oxygen atoms in total. The Labute approximate surface area is 112 Å². The Kier molecular flexibility index (Phi) is 4.00. The molecule has 0 aliphatic heterocycles. The number of benzene rings is 1. The number of esters is 1. The van der Waals surface area contributed by atoms with Crippen molar-refractivity contribution in [2.45, 2.75) is 26.7 Å². The Morgan fingerprint density at radius 2 is 2.16 bits per heavy atom. The van der Waals surface area contributed by atoms with E-state index < -0.39 is 0 Å². The number of H-pyrrole nitrogens is 1. The molecule has 100 valence electrons. The summed E-state index contributed by atoms with van der Waals surface area (Å²) < 4.78 is 4.62. The Morgan fingerprint density at radius 1 is 1.37 bits per heavy atom. The number of nitrogens with one attached hydrogen (secondary N) is 1. The molecule has 1 aromatic carbocycles. The van der Waals surface area contributed by atoms with Crippen LogP contribution in [0, 0.1) is 13.8 Å². The van der Waals surface area contributed by atoms with Crippen LogP contribution >= 0.6 is 0 Å². The summed E-state index contributed by atoms with van der Waals surface area (Å²) in [5.74, 6) is 0.589. The number of nitrogens with zero attached hydrogens (tertiary/aromatic N) is 1. The second-order valence-electron chi connectivity index (χ2n) is 4.64. The lowest BCUT2D eigenvalue weighted by atomic mass is 10.0. The van der Waals surface area contributed by atoms with Crippen LogP contribution in [0.4, 0.5) is 0 Å². The first-order chi connectivity index (χ1) is 9.10. The van der Waals surface area contributed by atoms with E-state index in [-0.39, 0.29) is 5.97 Å². The fourth-order valence-electron chi connectivity index (χ4n) is 1.97. The highest BCUT2D eigenvalue weighted by Crippen LogP contribution is 2.23. The van der Waals surface area contributed by atoms with E-state index >= 15 is 0 Å². The van der Waals surface area contributed by atoms with E-state index in [4.69, 9.17) is 0 Å². The highest BCUT2D eigenvalue weighted by atomic mass is 16.5. The molecule has 4 heteroatoms. The molecule has 2 aromatic rings. The number of carbonyl (C=O) groups is 1. The number of rotatable bonds is 4. The van der Waals surface area contributed by atoms with E-state index in [1.54, 1.807) is 0 Å². The number of imidazole rings is 1. The normalized spacial score (nSPS) is 10.5. The van der Waals surface area contributed by atoms with Gasteiger partial charge in [0, 0.05) is 12.0 Å². The third-order valence-electron chi connectivity index (χ3n) is 3.11. The molecule has 0 bridgehead atoms. The zero-order valence-corrected chi connectivity index (χ0v) is 11.5. The monoisotopic (exact) mass is 258 g/mol. The summed E-state index contributed by atoms with van der Waals surface area (Å²) in [5.41, 5.74) is 4.55. The first kappa shape index (κ1) is 13.3. The molecule has 0 amide bonds. The summed E-state index contributed by atoms with van der Waals surface area (Å²) in [6, 6.07) is 6.32. The maximum absolute atomic E-state index is 11.1. The predicted octanol–water partition coefficient (Wildman–Crippen LogP) is 2.80. The summed E-state index contributed by atoms with van der Waals surface area (Å²) in [5, 5.41) is 0. The molecule has 0 aliphatic carbocycles. The fourth-order valence-corrected chi connectivity index (χ4v) is 1.97. The van der Waals surface area contributed by atoms with Gasteiger partial charge in [0.05, 0.1) is 25.4 Å². The van der Waals surface area contributed by atoms with Crippen LogP contribution in [0.15, 0.2) is 24.4 Å². The fraction of sp³-hybridized carbons (Fsp3) is 0.333. The van der Waals surface area contributed by atoms with Crippen molar-refractivity contribution < 1.29 is 9.53 Å². The minimum atomic E-state index is -0.218. The lowest BCUT2D eigenvalue weighted by Gasteiger charge is -2.04. The van der Waals surface area contributed by atoms with Gasteiger partial charge in [-0.1, -0.05) is 17.7 Å². The highest BCUT2D eigenvalue weighted by molar-refractivity contribution is 5.69. The van der Waals surface area contributed by atoms with Crippen LogP contribution in [0.25, 0.3) is 11.3 Å². The van der Waals surface area contributed by atoms with Gasteiger partial charge in [0.25, 0.3) is 0 Å². The second-order valence-corrected chi connectivity index (χ2v) is 4.64. The SMILES string of the molecule is COC(=O)CCc1ncc(-c2cc(C)ccc2C)[nH]1. The summed E-state index contributed by atoms with van der Waals surface area (Å²) >= 11 is 0. The number of hydrogen-bond donors (Lipinski definition) is 1. The molecule has 0 spiro atoms. The minimum Gasteiger partial charge on any atom is -0.469 e. The lowest BCUT2D eigenvalue weighted by molar-refractivity contribution is -0.140. The molecule has 0 saturated carbocycles. The minimum absolute atomic E-state index is 0.218. The highest BCUT2D eigenvalue weighted by Gasteiger charge is 2.08. The Hall–Kier alpha value is -2.10. The van der Waals surface area contributed by atoms with Gasteiger partial charge in [-0.25, -0.2) is 4.98 Å². The van der Waals surface area contributed by atoms with E-state index in [2.05, 4.69) is 46.8 Å². The van der Waals surface area contributed by atoms with Gasteiger partial charge in [0.2, 0.25) is 0 Å². The van der Waals surface area contributed by atoms with Crippen LogP contribution in [0.2, 0.25) is 0 Å². The van der Waals surface area contributed by atoms with E-state index in [0.29, 0.717) is 12.8 Å². The molecule has 1 heterocycles. The molecule has 0 fully saturated rings. The maximum atomic E-state index is 11.1. The van der Waals surface area contributed by atoms with E-state index in [1.807, 2.05) is 6.20 Å². The summed E-state index contributed by atoms with van der Waals surface area (Å²) in [6.45, 7) is 4.14. The number of carbonyl (C=O) groups excluding carboxylic acids is 1. The van der Waals surface area contributed by atoms with Crippen LogP contribution < -0.4 is 0 Å². The van der Waals surface area contributed by atoms with Gasteiger partial charge in [0.1, 0.15) is 5.82 Å². The molecular formula is C15H18N2O2. The van der Waals surface area contributed by atoms with E-state index in [9.17, 15) is 4.79 Å². The molecule has 0 aliphatic rings. The van der Waals surface area contributed by atoms with Gasteiger partial charge in [-0.2, -0.15) is 0 Å². The van der Waals surface area contributed by atoms with E-state index in [1.165, 1.54) is 18.2 Å². The predicted molar refractivity (Wildman–Crippen MR) is 73.8 cm³/mol. The molecule has 1 aromatic heterocycles. The quantitative estimate of drug-likeness (QED) is 0.858. The molecule has 2 rings (SSSR count). The molecule has 0 atom stereocenters. The Balaban J connectivity index is 2.16. The third kappa shape index (κ3) is 3.22. The first-order valence-corrected chi connectivity index (χ1v) is 6.28. The van der Waals surface area contributed by atoms with Crippen LogP contribution in [-0.2, 0) is 16.0 Å².